The van der Waals surface area contributed by atoms with Crippen molar-refractivity contribution in [3.05, 3.63) is 30.1 Å². The predicted octanol–water partition coefficient (Wildman–Crippen LogP) is 2.65. The summed E-state index contributed by atoms with van der Waals surface area (Å²) in [6.45, 7) is 5.68. The van der Waals surface area contributed by atoms with Crippen LogP contribution in [0.3, 0.4) is 0 Å². The van der Waals surface area contributed by atoms with Gasteiger partial charge >= 0.3 is 0 Å². The van der Waals surface area contributed by atoms with E-state index in [0.29, 0.717) is 6.04 Å². The summed E-state index contributed by atoms with van der Waals surface area (Å²) in [5, 5.41) is 3.69. The van der Waals surface area contributed by atoms with Crippen molar-refractivity contribution in [2.75, 3.05) is 6.54 Å². The maximum atomic E-state index is 4.34. The summed E-state index contributed by atoms with van der Waals surface area (Å²) in [5.74, 6) is 1.68. The van der Waals surface area contributed by atoms with Crippen molar-refractivity contribution in [2.45, 2.75) is 39.2 Å². The fourth-order valence-electron chi connectivity index (χ4n) is 2.31. The lowest BCUT2D eigenvalue weighted by Crippen LogP contribution is -2.37. The minimum Gasteiger partial charge on any atom is -0.313 e. The number of pyridine rings is 1. The lowest BCUT2D eigenvalue weighted by molar-refractivity contribution is 0.362. The van der Waals surface area contributed by atoms with Crippen LogP contribution in [0.25, 0.3) is 0 Å². The van der Waals surface area contributed by atoms with E-state index >= 15 is 0 Å². The average molecular weight is 218 g/mol. The van der Waals surface area contributed by atoms with Gasteiger partial charge in [0.2, 0.25) is 0 Å². The Hall–Kier alpha value is -0.890. The van der Waals surface area contributed by atoms with Crippen molar-refractivity contribution >= 4 is 0 Å². The Morgan fingerprint density at radius 3 is 2.75 bits per heavy atom. The average Bonchev–Trinajstić information content (AvgIpc) is 3.09. The zero-order valence-electron chi connectivity index (χ0n) is 10.3. The Morgan fingerprint density at radius 1 is 1.38 bits per heavy atom. The Labute approximate surface area is 98.5 Å². The van der Waals surface area contributed by atoms with E-state index in [4.69, 9.17) is 0 Å². The maximum absolute atomic E-state index is 4.34. The van der Waals surface area contributed by atoms with Crippen molar-refractivity contribution in [2.24, 2.45) is 11.8 Å². The fourth-order valence-corrected chi connectivity index (χ4v) is 2.31. The summed E-state index contributed by atoms with van der Waals surface area (Å²) in [7, 11) is 0. The van der Waals surface area contributed by atoms with Crippen molar-refractivity contribution in [3.8, 4) is 0 Å². The molecule has 1 fully saturated rings. The lowest BCUT2D eigenvalue weighted by Gasteiger charge is -2.22. The molecule has 2 nitrogen and oxygen atoms in total. The van der Waals surface area contributed by atoms with Crippen molar-refractivity contribution in [3.63, 3.8) is 0 Å². The van der Waals surface area contributed by atoms with Gasteiger partial charge in [-0.1, -0.05) is 19.9 Å². The molecule has 1 aromatic rings. The molecule has 0 aromatic carbocycles. The number of hydrogen-bond donors (Lipinski definition) is 1. The molecule has 0 spiro atoms. The number of rotatable bonds is 6. The third-order valence-electron chi connectivity index (χ3n) is 3.34. The monoisotopic (exact) mass is 218 g/mol. The molecular formula is C14H22N2. The molecule has 0 amide bonds. The molecule has 1 saturated carbocycles. The van der Waals surface area contributed by atoms with Crippen LogP contribution in [0.4, 0.5) is 0 Å². The van der Waals surface area contributed by atoms with Gasteiger partial charge in [-0.3, -0.25) is 4.98 Å². The van der Waals surface area contributed by atoms with Gasteiger partial charge in [-0.2, -0.15) is 0 Å². The van der Waals surface area contributed by atoms with Gasteiger partial charge in [0, 0.05) is 30.9 Å². The SMILES string of the molecule is CC(C)C(NCCc1ccccn1)C1CC1. The van der Waals surface area contributed by atoms with Gasteiger partial charge in [0.05, 0.1) is 0 Å². The molecule has 0 bridgehead atoms. The summed E-state index contributed by atoms with van der Waals surface area (Å²) < 4.78 is 0. The van der Waals surface area contributed by atoms with Crippen molar-refractivity contribution in [1.29, 1.82) is 0 Å². The molecular weight excluding hydrogens is 196 g/mol. The second kappa shape index (κ2) is 5.44. The van der Waals surface area contributed by atoms with Gasteiger partial charge in [0.25, 0.3) is 0 Å². The predicted molar refractivity (Wildman–Crippen MR) is 67.3 cm³/mol. The van der Waals surface area contributed by atoms with Gasteiger partial charge in [-0.05, 0) is 36.8 Å². The van der Waals surface area contributed by atoms with Gasteiger partial charge in [0.1, 0.15) is 0 Å². The van der Waals surface area contributed by atoms with Gasteiger partial charge in [-0.15, -0.1) is 0 Å². The minimum absolute atomic E-state index is 0.712. The summed E-state index contributed by atoms with van der Waals surface area (Å²) >= 11 is 0. The van der Waals surface area contributed by atoms with E-state index in [1.54, 1.807) is 0 Å². The highest BCUT2D eigenvalue weighted by Gasteiger charge is 2.32. The highest BCUT2D eigenvalue weighted by molar-refractivity contribution is 5.04. The normalized spacial score (nSPS) is 17.7. The van der Waals surface area contributed by atoms with Crippen molar-refractivity contribution in [1.82, 2.24) is 10.3 Å². The van der Waals surface area contributed by atoms with Gasteiger partial charge in [-0.25, -0.2) is 0 Å². The molecule has 1 aromatic heterocycles. The zero-order chi connectivity index (χ0) is 11.4. The molecule has 1 atom stereocenters. The maximum Gasteiger partial charge on any atom is 0.0416 e. The topological polar surface area (TPSA) is 24.9 Å². The Morgan fingerprint density at radius 2 is 2.19 bits per heavy atom. The zero-order valence-corrected chi connectivity index (χ0v) is 10.3. The van der Waals surface area contributed by atoms with E-state index < -0.39 is 0 Å². The molecule has 16 heavy (non-hydrogen) atoms. The largest absolute Gasteiger partial charge is 0.313 e. The van der Waals surface area contributed by atoms with E-state index in [-0.39, 0.29) is 0 Å². The third-order valence-corrected chi connectivity index (χ3v) is 3.34. The molecule has 0 radical (unpaired) electrons. The first-order chi connectivity index (χ1) is 7.77. The number of nitrogens with one attached hydrogen (secondary N) is 1. The van der Waals surface area contributed by atoms with Crippen LogP contribution < -0.4 is 5.32 Å². The van der Waals surface area contributed by atoms with Crippen molar-refractivity contribution < 1.29 is 0 Å². The molecule has 88 valence electrons. The second-order valence-electron chi connectivity index (χ2n) is 5.13. The molecule has 1 aliphatic rings. The van der Waals surface area contributed by atoms with Gasteiger partial charge in [0.15, 0.2) is 0 Å². The molecule has 1 heterocycles. The highest BCUT2D eigenvalue weighted by atomic mass is 14.9. The smallest absolute Gasteiger partial charge is 0.0416 e. The molecule has 0 aliphatic heterocycles. The molecule has 1 aliphatic carbocycles. The summed E-state index contributed by atoms with van der Waals surface area (Å²) in [5.41, 5.74) is 1.19. The van der Waals surface area contributed by atoms with E-state index in [1.807, 2.05) is 12.3 Å². The Kier molecular flexibility index (Phi) is 3.94. The molecule has 1 N–H and O–H groups in total. The second-order valence-corrected chi connectivity index (χ2v) is 5.13. The standard InChI is InChI=1S/C14H22N2/c1-11(2)14(12-6-7-12)16-10-8-13-5-3-4-9-15-13/h3-5,9,11-12,14,16H,6-8,10H2,1-2H3. The highest BCUT2D eigenvalue weighted by Crippen LogP contribution is 2.35. The van der Waals surface area contributed by atoms with Crippen LogP contribution in [0.1, 0.15) is 32.4 Å². The number of hydrogen-bond acceptors (Lipinski definition) is 2. The van der Waals surface area contributed by atoms with E-state index in [2.05, 4.69) is 36.3 Å². The summed E-state index contributed by atoms with van der Waals surface area (Å²) in [4.78, 5) is 4.34. The third kappa shape index (κ3) is 3.31. The fraction of sp³-hybridized carbons (Fsp3) is 0.643. The quantitative estimate of drug-likeness (QED) is 0.794. The van der Waals surface area contributed by atoms with Crippen LogP contribution >= 0.6 is 0 Å². The number of nitrogens with zero attached hydrogens (tertiary/aromatic N) is 1. The summed E-state index contributed by atoms with van der Waals surface area (Å²) in [6.07, 6.45) is 5.74. The molecule has 1 unspecified atom stereocenters. The first kappa shape index (κ1) is 11.6. The first-order valence-electron chi connectivity index (χ1n) is 6.40. The molecule has 2 rings (SSSR count). The van der Waals surface area contributed by atoms with Crippen LogP contribution in [-0.2, 0) is 6.42 Å². The minimum atomic E-state index is 0.712. The van der Waals surface area contributed by atoms with E-state index in [9.17, 15) is 0 Å². The Bertz CT molecular complexity index is 302. The number of aromatic nitrogens is 1. The van der Waals surface area contributed by atoms with E-state index in [1.165, 1.54) is 18.5 Å². The van der Waals surface area contributed by atoms with Crippen LogP contribution in [0.2, 0.25) is 0 Å². The van der Waals surface area contributed by atoms with Crippen LogP contribution in [-0.4, -0.2) is 17.6 Å². The lowest BCUT2D eigenvalue weighted by atomic mass is 9.99. The van der Waals surface area contributed by atoms with E-state index in [0.717, 1.165) is 24.8 Å². The van der Waals surface area contributed by atoms with Gasteiger partial charge < -0.3 is 5.32 Å². The Balaban J connectivity index is 1.74. The van der Waals surface area contributed by atoms with Crippen LogP contribution in [0.15, 0.2) is 24.4 Å². The molecule has 2 heteroatoms. The first-order valence-corrected chi connectivity index (χ1v) is 6.40. The van der Waals surface area contributed by atoms with Crippen LogP contribution in [0, 0.1) is 11.8 Å². The van der Waals surface area contributed by atoms with Crippen LogP contribution in [0.5, 0.6) is 0 Å². The summed E-state index contributed by atoms with van der Waals surface area (Å²) in [6, 6.07) is 6.84. The molecule has 0 saturated heterocycles.